The van der Waals surface area contributed by atoms with E-state index < -0.39 is 27.1 Å². The molecule has 1 aromatic carbocycles. The van der Waals surface area contributed by atoms with Gasteiger partial charge in [0.1, 0.15) is 11.3 Å². The molecule has 0 radical (unpaired) electrons. The Morgan fingerprint density at radius 1 is 1.00 bits per heavy atom. The number of nitrogens with one attached hydrogen (secondary N) is 1. The second kappa shape index (κ2) is 9.39. The van der Waals surface area contributed by atoms with Crippen LogP contribution in [-0.4, -0.2) is 35.5 Å². The number of sulfonamides is 1. The quantitative estimate of drug-likeness (QED) is 0.470. The number of aromatic nitrogens is 2. The number of amides is 1. The minimum Gasteiger partial charge on any atom is -0.438 e. The Balaban J connectivity index is 1.80. The molecule has 0 fully saturated rings. The van der Waals surface area contributed by atoms with Gasteiger partial charge in [0.25, 0.3) is 15.9 Å². The van der Waals surface area contributed by atoms with Crippen molar-refractivity contribution in [2.75, 3.05) is 0 Å². The molecule has 0 unspecified atom stereocenters. The maximum absolute atomic E-state index is 13.3. The number of nitrogens with zero attached hydrogens (tertiary/aromatic N) is 2. The summed E-state index contributed by atoms with van der Waals surface area (Å²) in [5.74, 6) is -0.339. The van der Waals surface area contributed by atoms with Crippen molar-refractivity contribution in [3.63, 3.8) is 0 Å². The van der Waals surface area contributed by atoms with Crippen molar-refractivity contribution in [1.29, 1.82) is 0 Å². The lowest BCUT2D eigenvalue weighted by Crippen LogP contribution is -2.31. The van der Waals surface area contributed by atoms with E-state index >= 15 is 0 Å². The van der Waals surface area contributed by atoms with Crippen LogP contribution in [-0.2, 0) is 14.8 Å². The average Bonchev–Trinajstić information content (AvgIpc) is 3.03. The van der Waals surface area contributed by atoms with Gasteiger partial charge in [0, 0.05) is 11.8 Å². The van der Waals surface area contributed by atoms with E-state index in [2.05, 4.69) is 9.71 Å². The van der Waals surface area contributed by atoms with Gasteiger partial charge in [-0.15, -0.1) is 0 Å². The molecule has 0 aliphatic carbocycles. The zero-order chi connectivity index (χ0) is 27.2. The molecule has 0 atom stereocenters. The first-order chi connectivity index (χ1) is 17.2. The molecule has 2 aromatic heterocycles. The summed E-state index contributed by atoms with van der Waals surface area (Å²) >= 11 is 0. The minimum absolute atomic E-state index is 0.0114. The normalized spacial score (nSPS) is 16.2. The van der Waals surface area contributed by atoms with Crippen molar-refractivity contribution >= 4 is 21.5 Å². The number of benzene rings is 1. The summed E-state index contributed by atoms with van der Waals surface area (Å²) in [6.07, 6.45) is 3.33. The SMILES string of the molecule is Cc1cc(C)c(Oc2nc(C3=CC(C)(C)OC3(C)C)ccc2C(=O)NS(=O)(=O)c2ccccn2)c(C)c1. The highest BCUT2D eigenvalue weighted by Gasteiger charge is 2.40. The van der Waals surface area contributed by atoms with Crippen molar-refractivity contribution in [1.82, 2.24) is 14.7 Å². The lowest BCUT2D eigenvalue weighted by atomic mass is 9.94. The van der Waals surface area contributed by atoms with Gasteiger partial charge in [-0.05, 0) is 89.9 Å². The molecule has 194 valence electrons. The Morgan fingerprint density at radius 3 is 2.24 bits per heavy atom. The number of hydrogen-bond acceptors (Lipinski definition) is 7. The van der Waals surface area contributed by atoms with Gasteiger partial charge in [-0.2, -0.15) is 8.42 Å². The highest BCUT2D eigenvalue weighted by atomic mass is 32.2. The highest BCUT2D eigenvalue weighted by Crippen LogP contribution is 2.42. The average molecular weight is 522 g/mol. The summed E-state index contributed by atoms with van der Waals surface area (Å²) in [5, 5.41) is -0.266. The first-order valence-electron chi connectivity index (χ1n) is 11.9. The summed E-state index contributed by atoms with van der Waals surface area (Å²) in [5.41, 5.74) is 3.04. The van der Waals surface area contributed by atoms with Gasteiger partial charge in [-0.25, -0.2) is 14.7 Å². The standard InChI is InChI=1S/C28H31N3O5S/c1-17-14-18(2)24(19(3)15-17)35-26-20(25(32)31-37(33,34)23-10-8-9-13-29-23)11-12-22(30-26)21-16-27(4,5)36-28(21,6)7/h8-16H,1-7H3,(H,31,32). The third-order valence-corrected chi connectivity index (χ3v) is 7.23. The maximum atomic E-state index is 13.3. The van der Waals surface area contributed by atoms with Crippen LogP contribution in [0, 0.1) is 20.8 Å². The molecule has 1 amide bonds. The predicted molar refractivity (Wildman–Crippen MR) is 141 cm³/mol. The van der Waals surface area contributed by atoms with Crippen LogP contribution >= 0.6 is 0 Å². The fraction of sp³-hybridized carbons (Fsp3) is 0.321. The van der Waals surface area contributed by atoms with Crippen LogP contribution in [0.5, 0.6) is 11.6 Å². The third-order valence-electron chi connectivity index (χ3n) is 5.98. The fourth-order valence-electron chi connectivity index (χ4n) is 4.65. The van der Waals surface area contributed by atoms with Crippen molar-refractivity contribution in [2.45, 2.75) is 64.7 Å². The van der Waals surface area contributed by atoms with Crippen LogP contribution in [0.15, 0.2) is 59.8 Å². The second-order valence-electron chi connectivity index (χ2n) is 10.3. The van der Waals surface area contributed by atoms with E-state index in [1.165, 1.54) is 24.4 Å². The lowest BCUT2D eigenvalue weighted by molar-refractivity contribution is -0.0444. The van der Waals surface area contributed by atoms with Crippen LogP contribution in [0.25, 0.3) is 5.57 Å². The molecule has 37 heavy (non-hydrogen) atoms. The van der Waals surface area contributed by atoms with E-state index in [4.69, 9.17) is 14.5 Å². The van der Waals surface area contributed by atoms with E-state index in [-0.39, 0.29) is 16.5 Å². The molecule has 1 aliphatic heterocycles. The van der Waals surface area contributed by atoms with Crippen LogP contribution < -0.4 is 9.46 Å². The first-order valence-corrected chi connectivity index (χ1v) is 13.4. The number of hydrogen-bond donors (Lipinski definition) is 1. The Bertz CT molecular complexity index is 1490. The molecule has 0 saturated heterocycles. The van der Waals surface area contributed by atoms with Crippen molar-refractivity contribution in [2.24, 2.45) is 0 Å². The molecule has 4 rings (SSSR count). The van der Waals surface area contributed by atoms with Crippen molar-refractivity contribution in [3.05, 3.63) is 82.7 Å². The first kappa shape index (κ1) is 26.5. The van der Waals surface area contributed by atoms with Gasteiger partial charge >= 0.3 is 0 Å². The Hall–Kier alpha value is -3.56. The third kappa shape index (κ3) is 5.57. The summed E-state index contributed by atoms with van der Waals surface area (Å²) in [6.45, 7) is 13.6. The topological polar surface area (TPSA) is 107 Å². The van der Waals surface area contributed by atoms with Gasteiger partial charge in [0.2, 0.25) is 5.88 Å². The van der Waals surface area contributed by atoms with E-state index in [0.717, 1.165) is 22.3 Å². The zero-order valence-electron chi connectivity index (χ0n) is 22.0. The second-order valence-corrected chi connectivity index (χ2v) is 11.9. The largest absolute Gasteiger partial charge is 0.438 e. The molecule has 0 saturated carbocycles. The summed E-state index contributed by atoms with van der Waals surface area (Å²) in [6, 6.07) is 11.5. The maximum Gasteiger partial charge on any atom is 0.281 e. The lowest BCUT2D eigenvalue weighted by Gasteiger charge is -2.27. The molecule has 9 heteroatoms. The molecule has 8 nitrogen and oxygen atoms in total. The van der Waals surface area contributed by atoms with Crippen LogP contribution in [0.4, 0.5) is 0 Å². The number of carbonyl (C=O) groups is 1. The molecule has 0 bridgehead atoms. The van der Waals surface area contributed by atoms with Crippen molar-refractivity contribution < 1.29 is 22.7 Å². The Morgan fingerprint density at radius 2 is 1.68 bits per heavy atom. The van der Waals surface area contributed by atoms with Crippen LogP contribution in [0.1, 0.15) is 60.4 Å². The van der Waals surface area contributed by atoms with Crippen LogP contribution in [0.2, 0.25) is 0 Å². The number of ether oxygens (including phenoxy) is 2. The number of rotatable bonds is 6. The van der Waals surface area contributed by atoms with Gasteiger partial charge in [-0.1, -0.05) is 23.8 Å². The molecule has 3 heterocycles. The molecule has 1 aliphatic rings. The van der Waals surface area contributed by atoms with E-state index in [1.807, 2.05) is 66.7 Å². The Labute approximate surface area is 217 Å². The van der Waals surface area contributed by atoms with E-state index in [0.29, 0.717) is 11.4 Å². The van der Waals surface area contributed by atoms with Gasteiger partial charge in [-0.3, -0.25) is 4.79 Å². The number of pyridine rings is 2. The van der Waals surface area contributed by atoms with Crippen LogP contribution in [0.3, 0.4) is 0 Å². The Kier molecular flexibility index (Phi) is 6.73. The summed E-state index contributed by atoms with van der Waals surface area (Å²) < 4.78 is 40.1. The van der Waals surface area contributed by atoms with E-state index in [9.17, 15) is 13.2 Å². The van der Waals surface area contributed by atoms with Crippen molar-refractivity contribution in [3.8, 4) is 11.6 Å². The van der Waals surface area contributed by atoms with Gasteiger partial charge in [0.15, 0.2) is 5.03 Å². The molecule has 0 spiro atoms. The molecule has 1 N–H and O–H groups in total. The number of aryl methyl sites for hydroxylation is 3. The minimum atomic E-state index is -4.20. The summed E-state index contributed by atoms with van der Waals surface area (Å²) in [4.78, 5) is 21.8. The fourth-order valence-corrected chi connectivity index (χ4v) is 5.56. The van der Waals surface area contributed by atoms with E-state index in [1.54, 1.807) is 12.1 Å². The highest BCUT2D eigenvalue weighted by molar-refractivity contribution is 7.90. The molecular formula is C28H31N3O5S. The predicted octanol–water partition coefficient (Wildman–Crippen LogP) is 5.28. The van der Waals surface area contributed by atoms with Gasteiger partial charge in [0.05, 0.1) is 16.9 Å². The monoisotopic (exact) mass is 521 g/mol. The molecular weight excluding hydrogens is 490 g/mol. The smallest absolute Gasteiger partial charge is 0.281 e. The van der Waals surface area contributed by atoms with Gasteiger partial charge < -0.3 is 9.47 Å². The summed E-state index contributed by atoms with van der Waals surface area (Å²) in [7, 11) is -4.20. The number of carbonyl (C=O) groups excluding carboxylic acids is 1. The molecule has 3 aromatic rings. The zero-order valence-corrected chi connectivity index (χ0v) is 22.9.